The molecule has 0 spiro atoms. The van der Waals surface area contributed by atoms with Crippen molar-refractivity contribution in [1.82, 2.24) is 4.90 Å². The fourth-order valence-corrected chi connectivity index (χ4v) is 2.14. The number of halogens is 1. The topological polar surface area (TPSA) is 29.3 Å². The Kier molecular flexibility index (Phi) is 2.66. The lowest BCUT2D eigenvalue weighted by Gasteiger charge is -2.11. The summed E-state index contributed by atoms with van der Waals surface area (Å²) in [4.78, 5) is 2.34. The Morgan fingerprint density at radius 2 is 2.29 bits per heavy atom. The van der Waals surface area contributed by atoms with Crippen molar-refractivity contribution in [3.05, 3.63) is 28.8 Å². The number of benzene rings is 1. The summed E-state index contributed by atoms with van der Waals surface area (Å²) in [6, 6.07) is 5.99. The minimum absolute atomic E-state index is 0.625. The molecular formula is C11H15ClN2. The molecule has 0 aromatic heterocycles. The second kappa shape index (κ2) is 3.79. The molecule has 1 fully saturated rings. The number of likely N-dealkylation sites (N-methyl/N-ethyl adjacent to an activating group) is 1. The van der Waals surface area contributed by atoms with Gasteiger partial charge in [-0.3, -0.25) is 0 Å². The van der Waals surface area contributed by atoms with Crippen LogP contribution in [0.2, 0.25) is 5.02 Å². The van der Waals surface area contributed by atoms with Crippen LogP contribution in [0.5, 0.6) is 0 Å². The Hall–Kier alpha value is -0.730. The third-order valence-electron chi connectivity index (χ3n) is 2.88. The first-order chi connectivity index (χ1) is 6.66. The Morgan fingerprint density at radius 1 is 1.50 bits per heavy atom. The number of rotatable bonds is 1. The largest absolute Gasteiger partial charge is 0.398 e. The predicted octanol–water partition coefficient (Wildman–Crippen LogP) is 2.34. The molecule has 2 rings (SSSR count). The molecular weight excluding hydrogens is 196 g/mol. The second-order valence-corrected chi connectivity index (χ2v) is 4.44. The van der Waals surface area contributed by atoms with Crippen molar-refractivity contribution >= 4 is 17.3 Å². The molecule has 1 heterocycles. The van der Waals surface area contributed by atoms with E-state index in [0.717, 1.165) is 6.54 Å². The Labute approximate surface area is 89.7 Å². The first-order valence-electron chi connectivity index (χ1n) is 4.90. The Balaban J connectivity index is 2.20. The van der Waals surface area contributed by atoms with Crippen LogP contribution in [-0.2, 0) is 0 Å². The van der Waals surface area contributed by atoms with Crippen LogP contribution < -0.4 is 5.73 Å². The molecule has 1 aliphatic rings. The van der Waals surface area contributed by atoms with Gasteiger partial charge in [0.2, 0.25) is 0 Å². The summed E-state index contributed by atoms with van der Waals surface area (Å²) in [6.45, 7) is 2.30. The van der Waals surface area contributed by atoms with Crippen LogP contribution >= 0.6 is 11.6 Å². The highest BCUT2D eigenvalue weighted by molar-refractivity contribution is 6.33. The normalized spacial score (nSPS) is 22.9. The van der Waals surface area contributed by atoms with Crippen molar-refractivity contribution in [3.8, 4) is 0 Å². The van der Waals surface area contributed by atoms with E-state index in [1.807, 2.05) is 12.1 Å². The number of nitrogens with zero attached hydrogens (tertiary/aromatic N) is 1. The van der Waals surface area contributed by atoms with Crippen molar-refractivity contribution in [2.24, 2.45) is 0 Å². The zero-order chi connectivity index (χ0) is 10.1. The molecule has 0 bridgehead atoms. The highest BCUT2D eigenvalue weighted by Gasteiger charge is 2.21. The average molecular weight is 211 g/mol. The van der Waals surface area contributed by atoms with Gasteiger partial charge in [0, 0.05) is 6.54 Å². The van der Waals surface area contributed by atoms with Gasteiger partial charge in [-0.25, -0.2) is 0 Å². The number of nitrogen functional groups attached to an aromatic ring is 1. The maximum absolute atomic E-state index is 5.88. The summed E-state index contributed by atoms with van der Waals surface area (Å²) in [7, 11) is 2.15. The average Bonchev–Trinajstić information content (AvgIpc) is 2.57. The van der Waals surface area contributed by atoms with Gasteiger partial charge in [-0.1, -0.05) is 17.7 Å². The van der Waals surface area contributed by atoms with Crippen LogP contribution in [0.1, 0.15) is 17.9 Å². The molecule has 0 radical (unpaired) electrons. The highest BCUT2D eigenvalue weighted by atomic mass is 35.5. The van der Waals surface area contributed by atoms with Gasteiger partial charge >= 0.3 is 0 Å². The molecule has 2 nitrogen and oxygen atoms in total. The third kappa shape index (κ3) is 1.86. The number of hydrogen-bond donors (Lipinski definition) is 1. The van der Waals surface area contributed by atoms with E-state index in [-0.39, 0.29) is 0 Å². The zero-order valence-electron chi connectivity index (χ0n) is 8.33. The van der Waals surface area contributed by atoms with Crippen LogP contribution in [0.15, 0.2) is 18.2 Å². The van der Waals surface area contributed by atoms with E-state index in [0.29, 0.717) is 16.6 Å². The monoisotopic (exact) mass is 210 g/mol. The fraction of sp³-hybridized carbons (Fsp3) is 0.455. The van der Waals surface area contributed by atoms with E-state index in [2.05, 4.69) is 18.0 Å². The standard InChI is InChI=1S/C11H15ClN2/c1-14-5-4-9(7-14)8-2-3-10(12)11(13)6-8/h2-3,6,9H,4-5,7,13H2,1H3. The summed E-state index contributed by atoms with van der Waals surface area (Å²) in [6.07, 6.45) is 1.22. The smallest absolute Gasteiger partial charge is 0.0635 e. The number of likely N-dealkylation sites (tertiary alicyclic amines) is 1. The lowest BCUT2D eigenvalue weighted by molar-refractivity contribution is 0.411. The highest BCUT2D eigenvalue weighted by Crippen LogP contribution is 2.29. The van der Waals surface area contributed by atoms with E-state index in [1.165, 1.54) is 18.5 Å². The van der Waals surface area contributed by atoms with Gasteiger partial charge in [-0.05, 0) is 43.6 Å². The molecule has 76 valence electrons. The van der Waals surface area contributed by atoms with E-state index in [4.69, 9.17) is 17.3 Å². The molecule has 1 unspecified atom stereocenters. The van der Waals surface area contributed by atoms with E-state index in [9.17, 15) is 0 Å². The number of anilines is 1. The summed E-state index contributed by atoms with van der Waals surface area (Å²) in [5.41, 5.74) is 7.79. The van der Waals surface area contributed by atoms with Crippen LogP contribution in [-0.4, -0.2) is 25.0 Å². The molecule has 1 aromatic carbocycles. The van der Waals surface area contributed by atoms with Gasteiger partial charge in [-0.2, -0.15) is 0 Å². The van der Waals surface area contributed by atoms with E-state index < -0.39 is 0 Å². The SMILES string of the molecule is CN1CCC(c2ccc(Cl)c(N)c2)C1. The van der Waals surface area contributed by atoms with Gasteiger partial charge in [0.25, 0.3) is 0 Å². The van der Waals surface area contributed by atoms with Crippen molar-refractivity contribution < 1.29 is 0 Å². The Morgan fingerprint density at radius 3 is 2.86 bits per heavy atom. The van der Waals surface area contributed by atoms with Crippen LogP contribution in [0, 0.1) is 0 Å². The Bertz CT molecular complexity index is 338. The molecule has 1 aliphatic heterocycles. The maximum atomic E-state index is 5.88. The molecule has 0 saturated carbocycles. The first-order valence-corrected chi connectivity index (χ1v) is 5.28. The van der Waals surface area contributed by atoms with Crippen LogP contribution in [0.3, 0.4) is 0 Å². The van der Waals surface area contributed by atoms with E-state index >= 15 is 0 Å². The summed E-state index contributed by atoms with van der Waals surface area (Å²) < 4.78 is 0. The molecule has 0 amide bonds. The molecule has 1 saturated heterocycles. The van der Waals surface area contributed by atoms with E-state index in [1.54, 1.807) is 0 Å². The first kappa shape index (κ1) is 9.81. The summed E-state index contributed by atoms with van der Waals surface area (Å²) >= 11 is 5.88. The molecule has 2 N–H and O–H groups in total. The minimum Gasteiger partial charge on any atom is -0.398 e. The van der Waals surface area contributed by atoms with Gasteiger partial charge in [0.05, 0.1) is 10.7 Å². The molecule has 0 aliphatic carbocycles. The quantitative estimate of drug-likeness (QED) is 0.721. The van der Waals surface area contributed by atoms with Crippen molar-refractivity contribution in [2.45, 2.75) is 12.3 Å². The molecule has 1 aromatic rings. The molecule has 3 heteroatoms. The number of hydrogen-bond acceptors (Lipinski definition) is 2. The summed E-state index contributed by atoms with van der Waals surface area (Å²) in [5, 5.41) is 0.653. The lowest BCUT2D eigenvalue weighted by Crippen LogP contribution is -2.13. The van der Waals surface area contributed by atoms with Crippen molar-refractivity contribution in [2.75, 3.05) is 25.9 Å². The molecule has 1 atom stereocenters. The zero-order valence-corrected chi connectivity index (χ0v) is 9.09. The van der Waals surface area contributed by atoms with Crippen LogP contribution in [0.4, 0.5) is 5.69 Å². The van der Waals surface area contributed by atoms with Crippen LogP contribution in [0.25, 0.3) is 0 Å². The maximum Gasteiger partial charge on any atom is 0.0635 e. The summed E-state index contributed by atoms with van der Waals surface area (Å²) in [5.74, 6) is 0.625. The second-order valence-electron chi connectivity index (χ2n) is 4.03. The molecule has 14 heavy (non-hydrogen) atoms. The van der Waals surface area contributed by atoms with Crippen molar-refractivity contribution in [3.63, 3.8) is 0 Å². The van der Waals surface area contributed by atoms with Gasteiger partial charge in [-0.15, -0.1) is 0 Å². The van der Waals surface area contributed by atoms with Gasteiger partial charge in [0.15, 0.2) is 0 Å². The predicted molar refractivity (Wildman–Crippen MR) is 60.7 cm³/mol. The van der Waals surface area contributed by atoms with Crippen molar-refractivity contribution in [1.29, 1.82) is 0 Å². The van der Waals surface area contributed by atoms with Gasteiger partial charge < -0.3 is 10.6 Å². The van der Waals surface area contributed by atoms with Gasteiger partial charge in [0.1, 0.15) is 0 Å². The third-order valence-corrected chi connectivity index (χ3v) is 3.23. The fourth-order valence-electron chi connectivity index (χ4n) is 2.02. The minimum atomic E-state index is 0.625. The number of nitrogens with two attached hydrogens (primary N) is 1. The lowest BCUT2D eigenvalue weighted by atomic mass is 9.98.